The Morgan fingerprint density at radius 1 is 0.935 bits per heavy atom. The first-order valence-electron chi connectivity index (χ1n) is 10.1. The van der Waals surface area contributed by atoms with Crippen molar-refractivity contribution in [1.82, 2.24) is 19.7 Å². The zero-order chi connectivity index (χ0) is 21.0. The van der Waals surface area contributed by atoms with E-state index in [4.69, 9.17) is 14.2 Å². The Labute approximate surface area is 180 Å². The first-order chi connectivity index (χ1) is 15.3. The Hall–Kier alpha value is -3.71. The average molecular weight is 414 g/mol. The van der Waals surface area contributed by atoms with Crippen molar-refractivity contribution in [1.29, 1.82) is 0 Å². The van der Waals surface area contributed by atoms with Crippen molar-refractivity contribution in [2.24, 2.45) is 0 Å². The summed E-state index contributed by atoms with van der Waals surface area (Å²) in [6, 6.07) is 16.1. The molecule has 0 amide bonds. The summed E-state index contributed by atoms with van der Waals surface area (Å²) in [5.74, 6) is 1.42. The lowest BCUT2D eigenvalue weighted by molar-refractivity contribution is 0.138. The van der Waals surface area contributed by atoms with E-state index < -0.39 is 0 Å². The van der Waals surface area contributed by atoms with E-state index in [-0.39, 0.29) is 6.10 Å². The quantitative estimate of drug-likeness (QED) is 0.472. The summed E-state index contributed by atoms with van der Waals surface area (Å²) >= 11 is 0. The molecule has 156 valence electrons. The van der Waals surface area contributed by atoms with E-state index in [1.165, 1.54) is 6.33 Å². The van der Waals surface area contributed by atoms with Gasteiger partial charge in [0, 0.05) is 29.9 Å². The Kier molecular flexibility index (Phi) is 5.33. The summed E-state index contributed by atoms with van der Waals surface area (Å²) in [4.78, 5) is 8.17. The van der Waals surface area contributed by atoms with E-state index in [0.29, 0.717) is 18.1 Å². The third-order valence-electron chi connectivity index (χ3n) is 5.29. The maximum Gasteiger partial charge on any atom is 0.162 e. The minimum absolute atomic E-state index is 0.0450. The molecule has 5 rings (SSSR count). The summed E-state index contributed by atoms with van der Waals surface area (Å²) in [7, 11) is 1.65. The van der Waals surface area contributed by atoms with Crippen molar-refractivity contribution >= 4 is 0 Å². The highest BCUT2D eigenvalue weighted by Gasteiger charge is 2.20. The van der Waals surface area contributed by atoms with E-state index >= 15 is 0 Å². The van der Waals surface area contributed by atoms with Crippen LogP contribution in [0.25, 0.3) is 28.1 Å². The lowest BCUT2D eigenvalue weighted by Crippen LogP contribution is -2.16. The van der Waals surface area contributed by atoms with Gasteiger partial charge in [0.15, 0.2) is 11.5 Å². The van der Waals surface area contributed by atoms with Crippen molar-refractivity contribution in [3.05, 3.63) is 73.4 Å². The van der Waals surface area contributed by atoms with Crippen LogP contribution in [0.15, 0.2) is 73.4 Å². The minimum Gasteiger partial charge on any atom is -0.493 e. The highest BCUT2D eigenvalue weighted by atomic mass is 16.6. The molecule has 1 aliphatic heterocycles. The third kappa shape index (κ3) is 4.00. The van der Waals surface area contributed by atoms with Crippen LogP contribution in [-0.4, -0.2) is 46.2 Å². The van der Waals surface area contributed by atoms with Gasteiger partial charge in [-0.15, -0.1) is 0 Å². The summed E-state index contributed by atoms with van der Waals surface area (Å²) in [6.45, 7) is 1.33. The van der Waals surface area contributed by atoms with Gasteiger partial charge in [-0.2, -0.15) is 5.10 Å². The molecule has 1 fully saturated rings. The second-order valence-electron chi connectivity index (χ2n) is 7.27. The molecular formula is C24H22N4O3. The SMILES string of the molecule is COc1ccc(-c2ccnn2-c2ccc(-c3cncnc3)cc2)cc1O[C@@H]1CCOC1. The molecule has 7 heteroatoms. The summed E-state index contributed by atoms with van der Waals surface area (Å²) in [5.41, 5.74) is 4.95. The molecule has 7 nitrogen and oxygen atoms in total. The van der Waals surface area contributed by atoms with Gasteiger partial charge in [0.2, 0.25) is 0 Å². The molecule has 31 heavy (non-hydrogen) atoms. The number of methoxy groups -OCH3 is 1. The highest BCUT2D eigenvalue weighted by Crippen LogP contribution is 2.34. The number of aromatic nitrogens is 4. The van der Waals surface area contributed by atoms with Crippen LogP contribution in [0.3, 0.4) is 0 Å². The van der Waals surface area contributed by atoms with Crippen LogP contribution < -0.4 is 9.47 Å². The monoisotopic (exact) mass is 414 g/mol. The molecule has 0 spiro atoms. The van der Waals surface area contributed by atoms with Crippen LogP contribution in [0, 0.1) is 0 Å². The Morgan fingerprint density at radius 2 is 1.74 bits per heavy atom. The van der Waals surface area contributed by atoms with Crippen molar-refractivity contribution < 1.29 is 14.2 Å². The summed E-state index contributed by atoms with van der Waals surface area (Å²) in [6.07, 6.45) is 7.85. The van der Waals surface area contributed by atoms with E-state index in [1.54, 1.807) is 25.7 Å². The lowest BCUT2D eigenvalue weighted by Gasteiger charge is -2.16. The van der Waals surface area contributed by atoms with Gasteiger partial charge in [-0.3, -0.25) is 0 Å². The summed E-state index contributed by atoms with van der Waals surface area (Å²) < 4.78 is 19.0. The lowest BCUT2D eigenvalue weighted by atomic mass is 10.1. The van der Waals surface area contributed by atoms with Gasteiger partial charge in [-0.05, 0) is 42.0 Å². The predicted molar refractivity (Wildman–Crippen MR) is 116 cm³/mol. The minimum atomic E-state index is 0.0450. The molecular weight excluding hydrogens is 392 g/mol. The molecule has 0 unspecified atom stereocenters. The van der Waals surface area contributed by atoms with Crippen molar-refractivity contribution in [2.45, 2.75) is 12.5 Å². The maximum absolute atomic E-state index is 6.15. The number of hydrogen-bond acceptors (Lipinski definition) is 6. The fourth-order valence-corrected chi connectivity index (χ4v) is 3.68. The second kappa shape index (κ2) is 8.57. The van der Waals surface area contributed by atoms with Crippen molar-refractivity contribution in [2.75, 3.05) is 20.3 Å². The number of rotatable bonds is 6. The zero-order valence-electron chi connectivity index (χ0n) is 17.1. The summed E-state index contributed by atoms with van der Waals surface area (Å²) in [5, 5.41) is 4.54. The van der Waals surface area contributed by atoms with Gasteiger partial charge in [0.05, 0.1) is 37.9 Å². The van der Waals surface area contributed by atoms with Crippen LogP contribution in [0.2, 0.25) is 0 Å². The van der Waals surface area contributed by atoms with Crippen molar-refractivity contribution in [3.8, 4) is 39.6 Å². The number of nitrogens with zero attached hydrogens (tertiary/aromatic N) is 4. The first-order valence-corrected chi connectivity index (χ1v) is 10.1. The molecule has 0 saturated carbocycles. The van der Waals surface area contributed by atoms with E-state index in [0.717, 1.165) is 41.1 Å². The largest absolute Gasteiger partial charge is 0.493 e. The zero-order valence-corrected chi connectivity index (χ0v) is 17.1. The van der Waals surface area contributed by atoms with Crippen LogP contribution in [-0.2, 0) is 4.74 Å². The van der Waals surface area contributed by atoms with Crippen LogP contribution >= 0.6 is 0 Å². The number of benzene rings is 2. The molecule has 1 aliphatic rings. The maximum atomic E-state index is 6.15. The molecule has 2 aromatic heterocycles. The predicted octanol–water partition coefficient (Wildman–Crippen LogP) is 4.17. The van der Waals surface area contributed by atoms with Crippen LogP contribution in [0.5, 0.6) is 11.5 Å². The van der Waals surface area contributed by atoms with Gasteiger partial charge in [0.1, 0.15) is 12.4 Å². The molecule has 0 N–H and O–H groups in total. The Bertz CT molecular complexity index is 1150. The van der Waals surface area contributed by atoms with Gasteiger partial charge in [-0.25, -0.2) is 14.6 Å². The highest BCUT2D eigenvalue weighted by molar-refractivity contribution is 5.67. The molecule has 3 heterocycles. The van der Waals surface area contributed by atoms with E-state index in [2.05, 4.69) is 15.1 Å². The normalized spacial score (nSPS) is 15.7. The molecule has 1 atom stereocenters. The molecule has 0 radical (unpaired) electrons. The number of ether oxygens (including phenoxy) is 3. The standard InChI is InChI=1S/C24H22N4O3/c1-29-23-7-4-18(12-24(23)31-21-9-11-30-15-21)22-8-10-27-28(22)20-5-2-17(3-6-20)19-13-25-16-26-14-19/h2-8,10,12-14,16,21H,9,11,15H2,1H3/t21-/m1/s1. The second-order valence-corrected chi connectivity index (χ2v) is 7.27. The fourth-order valence-electron chi connectivity index (χ4n) is 3.68. The average Bonchev–Trinajstić information content (AvgIpc) is 3.52. The van der Waals surface area contributed by atoms with Crippen LogP contribution in [0.4, 0.5) is 0 Å². The number of hydrogen-bond donors (Lipinski definition) is 0. The first kappa shape index (κ1) is 19.3. The fraction of sp³-hybridized carbons (Fsp3) is 0.208. The van der Waals surface area contributed by atoms with Gasteiger partial charge < -0.3 is 14.2 Å². The topological polar surface area (TPSA) is 71.3 Å². The smallest absolute Gasteiger partial charge is 0.162 e. The molecule has 0 bridgehead atoms. The van der Waals surface area contributed by atoms with Gasteiger partial charge in [0.25, 0.3) is 0 Å². The molecule has 4 aromatic rings. The third-order valence-corrected chi connectivity index (χ3v) is 5.29. The Morgan fingerprint density at radius 3 is 2.48 bits per heavy atom. The van der Waals surface area contributed by atoms with Crippen LogP contribution in [0.1, 0.15) is 6.42 Å². The Balaban J connectivity index is 1.46. The van der Waals surface area contributed by atoms with Gasteiger partial charge in [-0.1, -0.05) is 12.1 Å². The molecule has 2 aromatic carbocycles. The molecule has 1 saturated heterocycles. The van der Waals surface area contributed by atoms with Gasteiger partial charge >= 0.3 is 0 Å². The molecule has 0 aliphatic carbocycles. The van der Waals surface area contributed by atoms with E-state index in [1.807, 2.05) is 53.2 Å². The van der Waals surface area contributed by atoms with Crippen molar-refractivity contribution in [3.63, 3.8) is 0 Å². The van der Waals surface area contributed by atoms with E-state index in [9.17, 15) is 0 Å².